The van der Waals surface area contributed by atoms with Crippen LogP contribution in [0.25, 0.3) is 0 Å². The number of aromatic nitrogens is 1. The van der Waals surface area contributed by atoms with E-state index in [2.05, 4.69) is 16.0 Å². The fourth-order valence-corrected chi connectivity index (χ4v) is 4.51. The van der Waals surface area contributed by atoms with Crippen LogP contribution in [0.2, 0.25) is 0 Å². The summed E-state index contributed by atoms with van der Waals surface area (Å²) >= 11 is 0. The number of hydrogen-bond donors (Lipinski definition) is 0. The molecular formula is C22H25N3O3. The van der Waals surface area contributed by atoms with E-state index < -0.39 is 0 Å². The normalized spacial score (nSPS) is 21.0. The Kier molecular flexibility index (Phi) is 4.53. The fourth-order valence-electron chi connectivity index (χ4n) is 4.51. The van der Waals surface area contributed by atoms with Crippen LogP contribution in [0.15, 0.2) is 42.6 Å². The standard InChI is InChI=1S/C22H25N3O3/c26-21(25-11-3-5-17-4-1-2-6-20(17)25)19-16-18(7-10-23-19)24-12-8-22(9-13-24)27-14-15-28-22/h1-2,4,6-7,10,16H,3,5,8-9,11-15H2. The summed E-state index contributed by atoms with van der Waals surface area (Å²) in [6.45, 7) is 3.81. The van der Waals surface area contributed by atoms with Crippen molar-refractivity contribution >= 4 is 17.3 Å². The molecule has 0 atom stereocenters. The zero-order valence-corrected chi connectivity index (χ0v) is 16.0. The molecule has 0 aliphatic carbocycles. The molecule has 1 aromatic heterocycles. The van der Waals surface area contributed by atoms with Crippen molar-refractivity contribution < 1.29 is 14.3 Å². The Morgan fingerprint density at radius 1 is 1.04 bits per heavy atom. The van der Waals surface area contributed by atoms with Crippen LogP contribution in [0.1, 0.15) is 35.3 Å². The van der Waals surface area contributed by atoms with E-state index in [1.807, 2.05) is 35.2 Å². The lowest BCUT2D eigenvalue weighted by Crippen LogP contribution is -2.45. The van der Waals surface area contributed by atoms with Gasteiger partial charge in [0.1, 0.15) is 5.69 Å². The molecule has 28 heavy (non-hydrogen) atoms. The van der Waals surface area contributed by atoms with E-state index in [0.717, 1.165) is 56.7 Å². The summed E-state index contributed by atoms with van der Waals surface area (Å²) in [5.74, 6) is -0.412. The number of amides is 1. The highest BCUT2D eigenvalue weighted by Crippen LogP contribution is 2.33. The number of carbonyl (C=O) groups excluding carboxylic acids is 1. The molecule has 0 N–H and O–H groups in total. The van der Waals surface area contributed by atoms with Crippen LogP contribution in [0.5, 0.6) is 0 Å². The number of para-hydroxylation sites is 1. The molecule has 1 aromatic carbocycles. The molecule has 0 saturated carbocycles. The Hall–Kier alpha value is -2.44. The largest absolute Gasteiger partial charge is 0.371 e. The monoisotopic (exact) mass is 379 g/mol. The minimum Gasteiger partial charge on any atom is -0.371 e. The van der Waals surface area contributed by atoms with Gasteiger partial charge in [-0.1, -0.05) is 18.2 Å². The first-order valence-corrected chi connectivity index (χ1v) is 10.1. The zero-order chi connectivity index (χ0) is 19.0. The SMILES string of the molecule is O=C(c1cc(N2CCC3(CC2)OCCO3)ccn1)N1CCCc2ccccc21. The number of ether oxygens (including phenoxy) is 2. The van der Waals surface area contributed by atoms with Crippen molar-refractivity contribution in [3.05, 3.63) is 53.9 Å². The van der Waals surface area contributed by atoms with E-state index in [-0.39, 0.29) is 11.7 Å². The van der Waals surface area contributed by atoms with Gasteiger partial charge in [0.15, 0.2) is 5.79 Å². The average Bonchev–Trinajstić information content (AvgIpc) is 3.21. The second-order valence-corrected chi connectivity index (χ2v) is 7.68. The molecule has 0 unspecified atom stereocenters. The lowest BCUT2D eigenvalue weighted by atomic mass is 10.0. The molecule has 4 heterocycles. The summed E-state index contributed by atoms with van der Waals surface area (Å²) < 4.78 is 11.6. The molecule has 0 radical (unpaired) electrons. The maximum absolute atomic E-state index is 13.2. The minimum atomic E-state index is -0.389. The average molecular weight is 379 g/mol. The first-order valence-electron chi connectivity index (χ1n) is 10.1. The number of benzene rings is 1. The summed E-state index contributed by atoms with van der Waals surface area (Å²) in [4.78, 5) is 21.8. The Bertz CT molecular complexity index is 869. The lowest BCUT2D eigenvalue weighted by molar-refractivity contribution is -0.169. The van der Waals surface area contributed by atoms with E-state index in [4.69, 9.17) is 9.47 Å². The van der Waals surface area contributed by atoms with Crippen molar-refractivity contribution in [2.75, 3.05) is 42.6 Å². The van der Waals surface area contributed by atoms with Gasteiger partial charge < -0.3 is 19.3 Å². The molecule has 3 aliphatic rings. The maximum Gasteiger partial charge on any atom is 0.276 e. The van der Waals surface area contributed by atoms with Crippen molar-refractivity contribution in [3.63, 3.8) is 0 Å². The third kappa shape index (κ3) is 3.16. The molecule has 146 valence electrons. The predicted octanol–water partition coefficient (Wildman–Crippen LogP) is 3.02. The van der Waals surface area contributed by atoms with E-state index in [1.165, 1.54) is 5.56 Å². The van der Waals surface area contributed by atoms with E-state index in [0.29, 0.717) is 18.9 Å². The number of nitrogens with zero attached hydrogens (tertiary/aromatic N) is 3. The molecule has 6 nitrogen and oxygen atoms in total. The highest BCUT2D eigenvalue weighted by Gasteiger charge is 2.40. The number of hydrogen-bond acceptors (Lipinski definition) is 5. The molecule has 5 rings (SSSR count). The second kappa shape index (κ2) is 7.18. The van der Waals surface area contributed by atoms with Crippen molar-refractivity contribution in [3.8, 4) is 0 Å². The highest BCUT2D eigenvalue weighted by molar-refractivity contribution is 6.05. The number of pyridine rings is 1. The Morgan fingerprint density at radius 2 is 1.82 bits per heavy atom. The number of anilines is 2. The Balaban J connectivity index is 1.34. The quantitative estimate of drug-likeness (QED) is 0.803. The summed E-state index contributed by atoms with van der Waals surface area (Å²) in [6, 6.07) is 12.1. The van der Waals surface area contributed by atoms with Crippen LogP contribution in [0.4, 0.5) is 11.4 Å². The van der Waals surface area contributed by atoms with E-state index >= 15 is 0 Å². The second-order valence-electron chi connectivity index (χ2n) is 7.68. The van der Waals surface area contributed by atoms with Crippen molar-refractivity contribution in [1.29, 1.82) is 0 Å². The number of piperidine rings is 1. The first kappa shape index (κ1) is 17.6. The molecule has 2 fully saturated rings. The maximum atomic E-state index is 13.2. The third-order valence-corrected chi connectivity index (χ3v) is 6.02. The lowest BCUT2D eigenvalue weighted by Gasteiger charge is -2.38. The van der Waals surface area contributed by atoms with Gasteiger partial charge >= 0.3 is 0 Å². The van der Waals surface area contributed by atoms with Crippen molar-refractivity contribution in [2.45, 2.75) is 31.5 Å². The summed E-state index contributed by atoms with van der Waals surface area (Å²) in [6.07, 6.45) is 5.44. The number of aryl methyl sites for hydroxylation is 1. The summed E-state index contributed by atoms with van der Waals surface area (Å²) in [5, 5.41) is 0. The number of fused-ring (bicyclic) bond motifs is 1. The fraction of sp³-hybridized carbons (Fsp3) is 0.455. The molecule has 0 bridgehead atoms. The smallest absolute Gasteiger partial charge is 0.276 e. The molecular weight excluding hydrogens is 354 g/mol. The van der Waals surface area contributed by atoms with Gasteiger partial charge in [-0.15, -0.1) is 0 Å². The van der Waals surface area contributed by atoms with Gasteiger partial charge in [0, 0.05) is 50.0 Å². The molecule has 2 aromatic rings. The molecule has 2 saturated heterocycles. The van der Waals surface area contributed by atoms with Gasteiger partial charge in [-0.25, -0.2) is 0 Å². The predicted molar refractivity (Wildman–Crippen MR) is 107 cm³/mol. The Labute approximate surface area is 165 Å². The van der Waals surface area contributed by atoms with Crippen LogP contribution in [0.3, 0.4) is 0 Å². The van der Waals surface area contributed by atoms with Gasteiger partial charge in [0.2, 0.25) is 0 Å². The van der Waals surface area contributed by atoms with Gasteiger partial charge in [-0.2, -0.15) is 0 Å². The van der Waals surface area contributed by atoms with Crippen LogP contribution >= 0.6 is 0 Å². The van der Waals surface area contributed by atoms with Crippen LogP contribution in [-0.2, 0) is 15.9 Å². The zero-order valence-electron chi connectivity index (χ0n) is 16.0. The van der Waals surface area contributed by atoms with Crippen LogP contribution in [0, 0.1) is 0 Å². The number of carbonyl (C=O) groups is 1. The van der Waals surface area contributed by atoms with Crippen LogP contribution in [-0.4, -0.2) is 49.5 Å². The molecule has 3 aliphatic heterocycles. The van der Waals surface area contributed by atoms with Gasteiger partial charge in [0.05, 0.1) is 13.2 Å². The number of rotatable bonds is 2. The van der Waals surface area contributed by atoms with Crippen LogP contribution < -0.4 is 9.80 Å². The highest BCUT2D eigenvalue weighted by atomic mass is 16.7. The van der Waals surface area contributed by atoms with Crippen molar-refractivity contribution in [2.24, 2.45) is 0 Å². The molecule has 1 spiro atoms. The summed E-state index contributed by atoms with van der Waals surface area (Å²) in [5.41, 5.74) is 3.79. The van der Waals surface area contributed by atoms with E-state index in [9.17, 15) is 4.79 Å². The molecule has 6 heteroatoms. The Morgan fingerprint density at radius 3 is 2.64 bits per heavy atom. The minimum absolute atomic E-state index is 0.0232. The van der Waals surface area contributed by atoms with Crippen molar-refractivity contribution in [1.82, 2.24) is 4.98 Å². The topological polar surface area (TPSA) is 54.9 Å². The van der Waals surface area contributed by atoms with Gasteiger partial charge in [-0.05, 0) is 36.6 Å². The van der Waals surface area contributed by atoms with Gasteiger partial charge in [0.25, 0.3) is 5.91 Å². The van der Waals surface area contributed by atoms with E-state index in [1.54, 1.807) is 6.20 Å². The third-order valence-electron chi connectivity index (χ3n) is 6.02. The summed E-state index contributed by atoms with van der Waals surface area (Å²) in [7, 11) is 0. The molecule has 1 amide bonds. The first-order chi connectivity index (χ1) is 13.7. The van der Waals surface area contributed by atoms with Gasteiger partial charge in [-0.3, -0.25) is 9.78 Å².